The van der Waals surface area contributed by atoms with E-state index in [1.54, 1.807) is 17.4 Å². The van der Waals surface area contributed by atoms with Crippen molar-refractivity contribution in [2.75, 3.05) is 5.32 Å². The van der Waals surface area contributed by atoms with Crippen molar-refractivity contribution in [1.82, 2.24) is 9.78 Å². The van der Waals surface area contributed by atoms with E-state index in [4.69, 9.17) is 0 Å². The molecule has 26 heavy (non-hydrogen) atoms. The van der Waals surface area contributed by atoms with Crippen LogP contribution in [0.1, 0.15) is 24.0 Å². The first-order chi connectivity index (χ1) is 12.5. The maximum atomic E-state index is 12.2. The van der Waals surface area contributed by atoms with Gasteiger partial charge in [0.2, 0.25) is 5.91 Å². The Morgan fingerprint density at radius 2 is 1.88 bits per heavy atom. The summed E-state index contributed by atoms with van der Waals surface area (Å²) in [5.74, 6) is -0.0511. The van der Waals surface area contributed by atoms with Crippen LogP contribution in [0, 0.1) is 13.8 Å². The molecule has 1 N–H and O–H groups in total. The van der Waals surface area contributed by atoms with Gasteiger partial charge in [0.25, 0.3) is 5.56 Å². The Morgan fingerprint density at radius 1 is 1.12 bits per heavy atom. The van der Waals surface area contributed by atoms with Gasteiger partial charge in [0.1, 0.15) is 5.69 Å². The normalized spacial score (nSPS) is 10.7. The molecular weight excluding hydrogens is 346 g/mol. The van der Waals surface area contributed by atoms with Gasteiger partial charge in [0, 0.05) is 24.7 Å². The second kappa shape index (κ2) is 8.10. The Bertz CT molecular complexity index is 941. The lowest BCUT2D eigenvalue weighted by Gasteiger charge is -2.11. The highest BCUT2D eigenvalue weighted by molar-refractivity contribution is 7.13. The van der Waals surface area contributed by atoms with Crippen molar-refractivity contribution in [3.63, 3.8) is 0 Å². The Morgan fingerprint density at radius 3 is 2.58 bits per heavy atom. The predicted octanol–water partition coefficient (Wildman–Crippen LogP) is 4.01. The molecule has 6 heteroatoms. The summed E-state index contributed by atoms with van der Waals surface area (Å²) in [5, 5.41) is 9.35. The van der Waals surface area contributed by atoms with Crippen LogP contribution >= 0.6 is 11.3 Å². The van der Waals surface area contributed by atoms with Crippen molar-refractivity contribution in [3.8, 4) is 10.6 Å². The number of rotatable bonds is 6. The average Bonchev–Trinajstić information content (AvgIpc) is 3.14. The van der Waals surface area contributed by atoms with Gasteiger partial charge in [-0.2, -0.15) is 5.10 Å². The molecule has 0 atom stereocenters. The maximum absolute atomic E-state index is 12.2. The first-order valence-electron chi connectivity index (χ1n) is 8.53. The zero-order valence-corrected chi connectivity index (χ0v) is 15.7. The van der Waals surface area contributed by atoms with E-state index in [1.807, 2.05) is 49.6 Å². The molecule has 0 radical (unpaired) electrons. The largest absolute Gasteiger partial charge is 0.326 e. The van der Waals surface area contributed by atoms with Crippen molar-refractivity contribution in [2.24, 2.45) is 0 Å². The molecule has 0 aliphatic carbocycles. The molecule has 0 saturated heterocycles. The van der Waals surface area contributed by atoms with E-state index in [0.717, 1.165) is 27.4 Å². The highest BCUT2D eigenvalue weighted by atomic mass is 32.1. The number of carbonyl (C=O) groups excluding carboxylic acids is 1. The second-order valence-corrected chi connectivity index (χ2v) is 7.12. The number of benzene rings is 1. The molecule has 1 aromatic carbocycles. The molecule has 0 aliphatic rings. The van der Waals surface area contributed by atoms with Crippen molar-refractivity contribution < 1.29 is 4.79 Å². The Labute approximate surface area is 156 Å². The molecule has 134 valence electrons. The van der Waals surface area contributed by atoms with Crippen LogP contribution in [0.3, 0.4) is 0 Å². The Balaban J connectivity index is 1.60. The molecule has 3 aromatic rings. The summed E-state index contributed by atoms with van der Waals surface area (Å²) >= 11 is 1.58. The molecule has 0 aliphatic heterocycles. The lowest BCUT2D eigenvalue weighted by atomic mass is 10.1. The summed E-state index contributed by atoms with van der Waals surface area (Å²) in [6.07, 6.45) is 0.892. The molecule has 1 amide bonds. The number of nitrogens with one attached hydrogen (secondary N) is 1. The van der Waals surface area contributed by atoms with Crippen LogP contribution in [0.4, 0.5) is 5.69 Å². The number of carbonyl (C=O) groups is 1. The molecule has 0 fully saturated rings. The van der Waals surface area contributed by atoms with Crippen LogP contribution < -0.4 is 10.9 Å². The number of para-hydroxylation sites is 1. The topological polar surface area (TPSA) is 64.0 Å². The molecule has 0 spiro atoms. The fraction of sp³-hybridized carbons (Fsp3) is 0.250. The van der Waals surface area contributed by atoms with Gasteiger partial charge >= 0.3 is 0 Å². The van der Waals surface area contributed by atoms with Gasteiger partial charge in [-0.3, -0.25) is 9.59 Å². The third-order valence-electron chi connectivity index (χ3n) is 4.16. The monoisotopic (exact) mass is 367 g/mol. The molecule has 2 heterocycles. The lowest BCUT2D eigenvalue weighted by molar-refractivity contribution is -0.116. The minimum absolute atomic E-state index is 0.0511. The lowest BCUT2D eigenvalue weighted by Crippen LogP contribution is -2.23. The third kappa shape index (κ3) is 4.26. The minimum Gasteiger partial charge on any atom is -0.326 e. The smallest absolute Gasteiger partial charge is 0.266 e. The molecule has 0 unspecified atom stereocenters. The highest BCUT2D eigenvalue weighted by Crippen LogP contribution is 2.21. The van der Waals surface area contributed by atoms with Gasteiger partial charge in [-0.05, 0) is 48.9 Å². The molecule has 2 aromatic heterocycles. The van der Waals surface area contributed by atoms with Crippen LogP contribution in [0.5, 0.6) is 0 Å². The first kappa shape index (κ1) is 18.1. The van der Waals surface area contributed by atoms with E-state index < -0.39 is 0 Å². The zero-order valence-electron chi connectivity index (χ0n) is 14.9. The first-order valence-corrected chi connectivity index (χ1v) is 9.40. The van der Waals surface area contributed by atoms with Crippen molar-refractivity contribution in [2.45, 2.75) is 33.2 Å². The van der Waals surface area contributed by atoms with Crippen molar-refractivity contribution in [1.29, 1.82) is 0 Å². The fourth-order valence-electron chi connectivity index (χ4n) is 2.77. The predicted molar refractivity (Wildman–Crippen MR) is 106 cm³/mol. The van der Waals surface area contributed by atoms with Gasteiger partial charge in [-0.25, -0.2) is 4.68 Å². The van der Waals surface area contributed by atoms with E-state index in [-0.39, 0.29) is 11.5 Å². The molecular formula is C20H21N3O2S. The Kier molecular flexibility index (Phi) is 5.63. The molecule has 0 bridgehead atoms. The van der Waals surface area contributed by atoms with Gasteiger partial charge in [0.05, 0.1) is 4.88 Å². The summed E-state index contributed by atoms with van der Waals surface area (Å²) in [6, 6.07) is 13.1. The van der Waals surface area contributed by atoms with E-state index >= 15 is 0 Å². The zero-order chi connectivity index (χ0) is 18.5. The van der Waals surface area contributed by atoms with Gasteiger partial charge < -0.3 is 5.32 Å². The van der Waals surface area contributed by atoms with Crippen molar-refractivity contribution in [3.05, 3.63) is 69.3 Å². The number of hydrogen-bond donors (Lipinski definition) is 1. The summed E-state index contributed by atoms with van der Waals surface area (Å²) in [6.45, 7) is 4.36. The minimum atomic E-state index is -0.152. The second-order valence-electron chi connectivity index (χ2n) is 6.18. The van der Waals surface area contributed by atoms with E-state index in [9.17, 15) is 9.59 Å². The van der Waals surface area contributed by atoms with Gasteiger partial charge in [-0.15, -0.1) is 11.3 Å². The van der Waals surface area contributed by atoms with Crippen LogP contribution in [0.25, 0.3) is 10.6 Å². The number of nitrogens with zero attached hydrogens (tertiary/aromatic N) is 2. The van der Waals surface area contributed by atoms with Crippen molar-refractivity contribution >= 4 is 22.9 Å². The summed E-state index contributed by atoms with van der Waals surface area (Å²) in [4.78, 5) is 25.2. The van der Waals surface area contributed by atoms with Crippen LogP contribution in [-0.4, -0.2) is 15.7 Å². The van der Waals surface area contributed by atoms with E-state index in [1.165, 1.54) is 10.7 Å². The molecule has 3 rings (SSSR count). The SMILES string of the molecule is Cc1cccc(C)c1NC(=O)CCCn1nc(-c2cccs2)ccc1=O. The van der Waals surface area contributed by atoms with Crippen LogP contribution in [0.15, 0.2) is 52.6 Å². The number of aromatic nitrogens is 2. The van der Waals surface area contributed by atoms with E-state index in [0.29, 0.717) is 19.4 Å². The van der Waals surface area contributed by atoms with Gasteiger partial charge in [0.15, 0.2) is 0 Å². The van der Waals surface area contributed by atoms with E-state index in [2.05, 4.69) is 10.4 Å². The summed E-state index contributed by atoms with van der Waals surface area (Å²) in [5.41, 5.74) is 3.58. The fourth-order valence-corrected chi connectivity index (χ4v) is 3.46. The Hall–Kier alpha value is -2.73. The number of aryl methyl sites for hydroxylation is 3. The third-order valence-corrected chi connectivity index (χ3v) is 5.05. The van der Waals surface area contributed by atoms with Crippen LogP contribution in [-0.2, 0) is 11.3 Å². The number of amides is 1. The molecule has 0 saturated carbocycles. The standard InChI is InChI=1S/C20H21N3O2S/c1-14-6-3-7-15(2)20(14)21-18(24)9-4-12-23-19(25)11-10-16(22-23)17-8-5-13-26-17/h3,5-8,10-11,13H,4,9,12H2,1-2H3,(H,21,24). The average molecular weight is 367 g/mol. The summed E-state index contributed by atoms with van der Waals surface area (Å²) in [7, 11) is 0. The van der Waals surface area contributed by atoms with Crippen LogP contribution in [0.2, 0.25) is 0 Å². The maximum Gasteiger partial charge on any atom is 0.266 e. The number of hydrogen-bond acceptors (Lipinski definition) is 4. The molecule has 5 nitrogen and oxygen atoms in total. The van der Waals surface area contributed by atoms with Gasteiger partial charge in [-0.1, -0.05) is 24.3 Å². The number of anilines is 1. The number of thiophene rings is 1. The highest BCUT2D eigenvalue weighted by Gasteiger charge is 2.08. The summed E-state index contributed by atoms with van der Waals surface area (Å²) < 4.78 is 1.43. The quantitative estimate of drug-likeness (QED) is 0.716.